The Hall–Kier alpha value is -1.95. The zero-order chi connectivity index (χ0) is 17.2. The van der Waals surface area contributed by atoms with E-state index in [0.29, 0.717) is 6.04 Å². The second-order valence-electron chi connectivity index (χ2n) is 6.85. The molecule has 1 aliphatic rings. The summed E-state index contributed by atoms with van der Waals surface area (Å²) in [6.45, 7) is 3.10. The molecular weight excluding hydrogens is 332 g/mol. The van der Waals surface area contributed by atoms with Crippen LogP contribution in [0.1, 0.15) is 57.9 Å². The molecule has 0 radical (unpaired) electrons. The highest BCUT2D eigenvalue weighted by Crippen LogP contribution is 2.35. The fourth-order valence-electron chi connectivity index (χ4n) is 3.73. The summed E-state index contributed by atoms with van der Waals surface area (Å²) in [5.41, 5.74) is 1.93. The van der Waals surface area contributed by atoms with Crippen molar-refractivity contribution in [3.05, 3.63) is 28.9 Å². The van der Waals surface area contributed by atoms with Crippen molar-refractivity contribution >= 4 is 37.5 Å². The highest BCUT2D eigenvalue weighted by atomic mass is 32.1. The van der Waals surface area contributed by atoms with E-state index in [1.165, 1.54) is 30.6 Å². The summed E-state index contributed by atoms with van der Waals surface area (Å²) in [6, 6.07) is 2.29. The topological polar surface area (TPSA) is 59.8 Å². The maximum Gasteiger partial charge on any atom is 0.271 e. The maximum absolute atomic E-state index is 13.1. The van der Waals surface area contributed by atoms with Crippen molar-refractivity contribution < 1.29 is 0 Å². The first-order valence-electron chi connectivity index (χ1n) is 9.32. The molecule has 1 saturated carbocycles. The molecule has 0 aromatic carbocycles. The average Bonchev–Trinajstić information content (AvgIpc) is 3.03. The molecule has 5 nitrogen and oxygen atoms in total. The van der Waals surface area contributed by atoms with Crippen LogP contribution in [0.5, 0.6) is 0 Å². The molecule has 0 spiro atoms. The Kier molecular flexibility index (Phi) is 4.70. The van der Waals surface area contributed by atoms with Crippen molar-refractivity contribution in [1.82, 2.24) is 14.5 Å². The predicted molar refractivity (Wildman–Crippen MR) is 105 cm³/mol. The van der Waals surface area contributed by atoms with Crippen LogP contribution in [0.3, 0.4) is 0 Å². The van der Waals surface area contributed by atoms with Gasteiger partial charge in [-0.3, -0.25) is 9.36 Å². The summed E-state index contributed by atoms with van der Waals surface area (Å²) in [5.74, 6) is 0. The molecule has 0 unspecified atom stereocenters. The van der Waals surface area contributed by atoms with Crippen LogP contribution in [0.15, 0.2) is 23.4 Å². The maximum atomic E-state index is 13.1. The van der Waals surface area contributed by atoms with E-state index in [4.69, 9.17) is 0 Å². The van der Waals surface area contributed by atoms with E-state index >= 15 is 0 Å². The SMILES string of the molecule is CCCCNc1ccnc2sc3c(=O)n(C4CCCCC4)cnc3c12. The van der Waals surface area contributed by atoms with Gasteiger partial charge >= 0.3 is 0 Å². The van der Waals surface area contributed by atoms with Gasteiger partial charge in [0.05, 0.1) is 17.2 Å². The summed E-state index contributed by atoms with van der Waals surface area (Å²) in [6.07, 6.45) is 11.7. The lowest BCUT2D eigenvalue weighted by molar-refractivity contribution is 0.345. The van der Waals surface area contributed by atoms with Crippen LogP contribution in [-0.4, -0.2) is 21.1 Å². The third-order valence-corrected chi connectivity index (χ3v) is 6.20. The smallest absolute Gasteiger partial charge is 0.271 e. The van der Waals surface area contributed by atoms with E-state index in [1.807, 2.05) is 16.8 Å². The number of nitrogens with one attached hydrogen (secondary N) is 1. The van der Waals surface area contributed by atoms with Crippen molar-refractivity contribution in [1.29, 1.82) is 0 Å². The van der Waals surface area contributed by atoms with Crippen LogP contribution in [0.2, 0.25) is 0 Å². The van der Waals surface area contributed by atoms with Crippen LogP contribution < -0.4 is 10.9 Å². The number of hydrogen-bond acceptors (Lipinski definition) is 5. The number of anilines is 1. The number of rotatable bonds is 5. The van der Waals surface area contributed by atoms with E-state index in [9.17, 15) is 4.79 Å². The Bertz CT molecular complexity index is 940. The van der Waals surface area contributed by atoms with Crippen LogP contribution in [-0.2, 0) is 0 Å². The highest BCUT2D eigenvalue weighted by Gasteiger charge is 2.20. The Morgan fingerprint density at radius 3 is 2.92 bits per heavy atom. The van der Waals surface area contributed by atoms with E-state index in [-0.39, 0.29) is 5.56 Å². The fourth-order valence-corrected chi connectivity index (χ4v) is 4.79. The minimum absolute atomic E-state index is 0.0967. The van der Waals surface area contributed by atoms with Crippen LogP contribution in [0.4, 0.5) is 5.69 Å². The van der Waals surface area contributed by atoms with Crippen LogP contribution >= 0.6 is 11.3 Å². The number of nitrogens with zero attached hydrogens (tertiary/aromatic N) is 3. The first-order valence-corrected chi connectivity index (χ1v) is 10.1. The third kappa shape index (κ3) is 3.03. The number of thiophene rings is 1. The predicted octanol–water partition coefficient (Wildman–Crippen LogP) is 4.72. The number of aromatic nitrogens is 3. The van der Waals surface area contributed by atoms with Crippen LogP contribution in [0.25, 0.3) is 20.4 Å². The molecule has 0 saturated heterocycles. The van der Waals surface area contributed by atoms with Gasteiger partial charge in [0.2, 0.25) is 0 Å². The Labute approximate surface area is 151 Å². The molecule has 3 heterocycles. The standard InChI is InChI=1S/C19H24N4OS/c1-2-3-10-20-14-9-11-21-18-15(14)16-17(25-18)19(24)23(12-22-16)13-7-5-4-6-8-13/h9,11-13H,2-8,10H2,1H3,(H,20,21). The van der Waals surface area contributed by atoms with Gasteiger partial charge in [0.25, 0.3) is 5.56 Å². The van der Waals surface area contributed by atoms with Crippen molar-refractivity contribution in [2.45, 2.75) is 57.9 Å². The molecular formula is C19H24N4OS. The molecule has 3 aromatic rings. The van der Waals surface area contributed by atoms with E-state index in [0.717, 1.165) is 58.3 Å². The second kappa shape index (κ2) is 7.12. The minimum atomic E-state index is 0.0967. The monoisotopic (exact) mass is 356 g/mol. The molecule has 1 fully saturated rings. The number of unbranched alkanes of at least 4 members (excludes halogenated alkanes) is 1. The molecule has 0 bridgehead atoms. The zero-order valence-electron chi connectivity index (χ0n) is 14.6. The van der Waals surface area contributed by atoms with E-state index < -0.39 is 0 Å². The molecule has 0 aliphatic heterocycles. The zero-order valence-corrected chi connectivity index (χ0v) is 15.4. The summed E-state index contributed by atoms with van der Waals surface area (Å²) in [7, 11) is 0. The quantitative estimate of drug-likeness (QED) is 0.672. The van der Waals surface area contributed by atoms with Gasteiger partial charge in [0, 0.05) is 24.5 Å². The van der Waals surface area contributed by atoms with Gasteiger partial charge in [-0.1, -0.05) is 32.6 Å². The number of pyridine rings is 1. The molecule has 25 heavy (non-hydrogen) atoms. The Morgan fingerprint density at radius 1 is 1.28 bits per heavy atom. The molecule has 0 atom stereocenters. The minimum Gasteiger partial charge on any atom is -0.384 e. The number of fused-ring (bicyclic) bond motifs is 3. The first kappa shape index (κ1) is 16.5. The summed E-state index contributed by atoms with van der Waals surface area (Å²) >= 11 is 1.47. The average molecular weight is 356 g/mol. The van der Waals surface area contributed by atoms with E-state index in [1.54, 1.807) is 6.33 Å². The lowest BCUT2D eigenvalue weighted by Gasteiger charge is -2.23. The fraction of sp³-hybridized carbons (Fsp3) is 0.526. The van der Waals surface area contributed by atoms with Gasteiger partial charge in [-0.05, 0) is 25.3 Å². The van der Waals surface area contributed by atoms with Gasteiger partial charge in [-0.2, -0.15) is 0 Å². The second-order valence-corrected chi connectivity index (χ2v) is 7.85. The third-order valence-electron chi connectivity index (χ3n) is 5.12. The van der Waals surface area contributed by atoms with Gasteiger partial charge in [-0.15, -0.1) is 11.3 Å². The lowest BCUT2D eigenvalue weighted by Crippen LogP contribution is -2.26. The largest absolute Gasteiger partial charge is 0.384 e. The van der Waals surface area contributed by atoms with Gasteiger partial charge in [0.1, 0.15) is 9.53 Å². The summed E-state index contributed by atoms with van der Waals surface area (Å²) in [4.78, 5) is 23.1. The van der Waals surface area contributed by atoms with E-state index in [2.05, 4.69) is 22.2 Å². The molecule has 6 heteroatoms. The van der Waals surface area contributed by atoms with Crippen LogP contribution in [0, 0.1) is 0 Å². The summed E-state index contributed by atoms with van der Waals surface area (Å²) < 4.78 is 2.60. The van der Waals surface area contributed by atoms with Crippen molar-refractivity contribution in [2.75, 3.05) is 11.9 Å². The highest BCUT2D eigenvalue weighted by molar-refractivity contribution is 7.25. The molecule has 3 aromatic heterocycles. The molecule has 0 amide bonds. The van der Waals surface area contributed by atoms with Crippen molar-refractivity contribution in [3.8, 4) is 0 Å². The Morgan fingerprint density at radius 2 is 2.12 bits per heavy atom. The molecule has 132 valence electrons. The Balaban J connectivity index is 1.81. The van der Waals surface area contributed by atoms with Gasteiger partial charge in [0.15, 0.2) is 0 Å². The van der Waals surface area contributed by atoms with Crippen molar-refractivity contribution in [2.24, 2.45) is 0 Å². The lowest BCUT2D eigenvalue weighted by atomic mass is 9.95. The first-order chi connectivity index (χ1) is 12.3. The molecule has 1 aliphatic carbocycles. The normalized spacial score (nSPS) is 15.9. The van der Waals surface area contributed by atoms with Gasteiger partial charge in [-0.25, -0.2) is 9.97 Å². The molecule has 4 rings (SSSR count). The molecule has 1 N–H and O–H groups in total. The van der Waals surface area contributed by atoms with Crippen molar-refractivity contribution in [3.63, 3.8) is 0 Å². The summed E-state index contributed by atoms with van der Waals surface area (Å²) in [5, 5.41) is 4.47. The number of hydrogen-bond donors (Lipinski definition) is 1. The van der Waals surface area contributed by atoms with Gasteiger partial charge < -0.3 is 5.32 Å².